The van der Waals surface area contributed by atoms with E-state index in [4.69, 9.17) is 11.6 Å². The average molecular weight is 330 g/mol. The Kier molecular flexibility index (Phi) is 7.61. The number of esters is 1. The van der Waals surface area contributed by atoms with Crippen molar-refractivity contribution in [3.8, 4) is 0 Å². The Morgan fingerprint density at radius 3 is 2.52 bits per heavy atom. The van der Waals surface area contributed by atoms with Gasteiger partial charge in [-0.3, -0.25) is 9.59 Å². The summed E-state index contributed by atoms with van der Waals surface area (Å²) in [5, 5.41) is 0.705. The van der Waals surface area contributed by atoms with E-state index >= 15 is 0 Å². The van der Waals surface area contributed by atoms with Crippen LogP contribution in [-0.2, 0) is 20.1 Å². The van der Waals surface area contributed by atoms with Crippen molar-refractivity contribution < 1.29 is 14.3 Å². The number of benzene rings is 1. The monoisotopic (exact) mass is 329 g/mol. The molecule has 4 nitrogen and oxygen atoms in total. The maximum absolute atomic E-state index is 12.0. The molecule has 0 aliphatic rings. The highest BCUT2D eigenvalue weighted by Crippen LogP contribution is 2.16. The molecule has 1 amide bonds. The van der Waals surface area contributed by atoms with E-state index in [-0.39, 0.29) is 17.8 Å². The predicted octanol–water partition coefficient (Wildman–Crippen LogP) is 2.84. The Labute approximate surface area is 134 Å². The lowest BCUT2D eigenvalue weighted by Crippen LogP contribution is -2.35. The number of rotatable bonds is 7. The second kappa shape index (κ2) is 8.95. The molecule has 0 aromatic heterocycles. The van der Waals surface area contributed by atoms with E-state index in [1.807, 2.05) is 24.3 Å². The predicted molar refractivity (Wildman–Crippen MR) is 86.4 cm³/mol. The molecule has 1 aromatic carbocycles. The summed E-state index contributed by atoms with van der Waals surface area (Å²) >= 11 is 7.36. The minimum atomic E-state index is -0.315. The first-order valence-electron chi connectivity index (χ1n) is 6.58. The highest BCUT2D eigenvalue weighted by Gasteiger charge is 2.18. The molecule has 0 bridgehead atoms. The van der Waals surface area contributed by atoms with E-state index in [0.717, 1.165) is 11.3 Å². The van der Waals surface area contributed by atoms with Gasteiger partial charge in [0.15, 0.2) is 0 Å². The molecule has 6 heteroatoms. The highest BCUT2D eigenvalue weighted by molar-refractivity contribution is 7.99. The summed E-state index contributed by atoms with van der Waals surface area (Å²) in [6.45, 7) is 2.11. The third kappa shape index (κ3) is 6.40. The molecule has 0 aliphatic carbocycles. The third-order valence-corrected chi connectivity index (χ3v) is 4.23. The number of amides is 1. The second-order valence-corrected chi connectivity index (χ2v) is 6.24. The number of ether oxygens (including phenoxy) is 1. The van der Waals surface area contributed by atoms with Crippen molar-refractivity contribution in [2.75, 3.05) is 26.5 Å². The largest absolute Gasteiger partial charge is 0.469 e. The Balaban J connectivity index is 2.32. The summed E-state index contributed by atoms with van der Waals surface area (Å²) in [7, 11) is 3.05. The minimum absolute atomic E-state index is 0.00437. The van der Waals surface area contributed by atoms with Gasteiger partial charge < -0.3 is 9.64 Å². The van der Waals surface area contributed by atoms with E-state index in [9.17, 15) is 9.59 Å². The SMILES string of the molecule is COC(=O)C(C)CN(C)C(=O)CSCc1ccc(Cl)cc1. The molecule has 1 rings (SSSR count). The van der Waals surface area contributed by atoms with Gasteiger partial charge in [0.25, 0.3) is 0 Å². The first-order chi connectivity index (χ1) is 9.93. The lowest BCUT2D eigenvalue weighted by molar-refractivity contribution is -0.145. The zero-order valence-electron chi connectivity index (χ0n) is 12.5. The molecule has 0 aliphatic heterocycles. The average Bonchev–Trinajstić information content (AvgIpc) is 2.48. The number of carbonyl (C=O) groups is 2. The standard InChI is InChI=1S/C15H20ClNO3S/c1-11(15(19)20-3)8-17(2)14(18)10-21-9-12-4-6-13(16)7-5-12/h4-7,11H,8-10H2,1-3H3. The molecule has 1 atom stereocenters. The summed E-state index contributed by atoms with van der Waals surface area (Å²) in [4.78, 5) is 24.9. The molecule has 21 heavy (non-hydrogen) atoms. The second-order valence-electron chi connectivity index (χ2n) is 4.82. The summed E-state index contributed by atoms with van der Waals surface area (Å²) in [6, 6.07) is 7.57. The first kappa shape index (κ1) is 17.9. The molecule has 0 fully saturated rings. The van der Waals surface area contributed by atoms with Crippen LogP contribution in [0.25, 0.3) is 0 Å². The summed E-state index contributed by atoms with van der Waals surface area (Å²) in [6.07, 6.45) is 0. The Bertz CT molecular complexity index is 478. The van der Waals surface area contributed by atoms with Crippen LogP contribution in [0.5, 0.6) is 0 Å². The quantitative estimate of drug-likeness (QED) is 0.722. The molecule has 0 saturated heterocycles. The van der Waals surface area contributed by atoms with Gasteiger partial charge in [-0.25, -0.2) is 0 Å². The van der Waals surface area contributed by atoms with Crippen molar-refractivity contribution in [2.24, 2.45) is 5.92 Å². The van der Waals surface area contributed by atoms with Crippen LogP contribution in [0.2, 0.25) is 5.02 Å². The molecule has 116 valence electrons. The normalized spacial score (nSPS) is 11.8. The maximum atomic E-state index is 12.0. The van der Waals surface area contributed by atoms with E-state index in [2.05, 4.69) is 4.74 Å². The van der Waals surface area contributed by atoms with Gasteiger partial charge in [0.2, 0.25) is 5.91 Å². The molecule has 0 saturated carbocycles. The molecule has 0 spiro atoms. The first-order valence-corrected chi connectivity index (χ1v) is 8.11. The fourth-order valence-corrected chi connectivity index (χ4v) is 2.79. The molecule has 0 radical (unpaired) electrons. The van der Waals surface area contributed by atoms with Gasteiger partial charge in [-0.1, -0.05) is 30.7 Å². The van der Waals surface area contributed by atoms with E-state index in [1.54, 1.807) is 18.9 Å². The van der Waals surface area contributed by atoms with Gasteiger partial charge in [0, 0.05) is 24.4 Å². The summed E-state index contributed by atoms with van der Waals surface area (Å²) in [5.41, 5.74) is 1.13. The number of hydrogen-bond donors (Lipinski definition) is 0. The van der Waals surface area contributed by atoms with Crippen LogP contribution in [0.1, 0.15) is 12.5 Å². The van der Waals surface area contributed by atoms with Crippen LogP contribution in [0.15, 0.2) is 24.3 Å². The van der Waals surface area contributed by atoms with Gasteiger partial charge >= 0.3 is 5.97 Å². The summed E-state index contributed by atoms with van der Waals surface area (Å²) in [5.74, 6) is 0.523. The van der Waals surface area contributed by atoms with Crippen molar-refractivity contribution >= 4 is 35.2 Å². The smallest absolute Gasteiger partial charge is 0.310 e. The molecular weight excluding hydrogens is 310 g/mol. The highest BCUT2D eigenvalue weighted by atomic mass is 35.5. The van der Waals surface area contributed by atoms with E-state index in [1.165, 1.54) is 18.9 Å². The fourth-order valence-electron chi connectivity index (χ4n) is 1.74. The molecule has 0 heterocycles. The molecule has 0 N–H and O–H groups in total. The van der Waals surface area contributed by atoms with Crippen molar-refractivity contribution in [2.45, 2.75) is 12.7 Å². The van der Waals surface area contributed by atoms with Gasteiger partial charge in [0.05, 0.1) is 18.8 Å². The van der Waals surface area contributed by atoms with Crippen molar-refractivity contribution in [1.29, 1.82) is 0 Å². The lowest BCUT2D eigenvalue weighted by atomic mass is 10.2. The van der Waals surface area contributed by atoms with Crippen LogP contribution in [0.4, 0.5) is 0 Å². The number of halogens is 1. The van der Waals surface area contributed by atoms with Crippen LogP contribution in [0, 0.1) is 5.92 Å². The van der Waals surface area contributed by atoms with Gasteiger partial charge in [0.1, 0.15) is 0 Å². The van der Waals surface area contributed by atoms with Crippen LogP contribution in [0.3, 0.4) is 0 Å². The number of thioether (sulfide) groups is 1. The number of hydrogen-bond acceptors (Lipinski definition) is 4. The third-order valence-electron chi connectivity index (χ3n) is 2.98. The molecule has 1 unspecified atom stereocenters. The van der Waals surface area contributed by atoms with E-state index < -0.39 is 0 Å². The Morgan fingerprint density at radius 1 is 1.33 bits per heavy atom. The topological polar surface area (TPSA) is 46.6 Å². The van der Waals surface area contributed by atoms with Gasteiger partial charge in [-0.05, 0) is 17.7 Å². The number of methoxy groups -OCH3 is 1. The maximum Gasteiger partial charge on any atom is 0.310 e. The summed E-state index contributed by atoms with van der Waals surface area (Å²) < 4.78 is 4.65. The molecule has 1 aromatic rings. The lowest BCUT2D eigenvalue weighted by Gasteiger charge is -2.20. The van der Waals surface area contributed by atoms with E-state index in [0.29, 0.717) is 17.3 Å². The Hall–Kier alpha value is -1.20. The van der Waals surface area contributed by atoms with Gasteiger partial charge in [-0.2, -0.15) is 0 Å². The Morgan fingerprint density at radius 2 is 1.95 bits per heavy atom. The van der Waals surface area contributed by atoms with Crippen molar-refractivity contribution in [1.82, 2.24) is 4.90 Å². The van der Waals surface area contributed by atoms with Gasteiger partial charge in [-0.15, -0.1) is 11.8 Å². The van der Waals surface area contributed by atoms with Crippen LogP contribution in [-0.4, -0.2) is 43.2 Å². The van der Waals surface area contributed by atoms with Crippen molar-refractivity contribution in [3.63, 3.8) is 0 Å². The number of nitrogens with zero attached hydrogens (tertiary/aromatic N) is 1. The van der Waals surface area contributed by atoms with Crippen molar-refractivity contribution in [3.05, 3.63) is 34.9 Å². The zero-order valence-corrected chi connectivity index (χ0v) is 14.0. The fraction of sp³-hybridized carbons (Fsp3) is 0.467. The minimum Gasteiger partial charge on any atom is -0.469 e. The van der Waals surface area contributed by atoms with Crippen LogP contribution >= 0.6 is 23.4 Å². The number of carbonyl (C=O) groups excluding carboxylic acids is 2. The zero-order chi connectivity index (χ0) is 15.8. The van der Waals surface area contributed by atoms with Crippen LogP contribution < -0.4 is 0 Å². The molecular formula is C15H20ClNO3S.